The molecule has 0 aliphatic rings. The molecule has 88 valence electrons. The molecule has 0 bridgehead atoms. The maximum absolute atomic E-state index is 11.1. The molecule has 0 fully saturated rings. The van der Waals surface area contributed by atoms with Crippen molar-refractivity contribution < 1.29 is 0 Å². The Morgan fingerprint density at radius 1 is 1.24 bits per heavy atom. The predicted octanol–water partition coefficient (Wildman–Crippen LogP) is 0.841. The van der Waals surface area contributed by atoms with Crippen LogP contribution >= 0.6 is 0 Å². The Balaban J connectivity index is 2.13. The van der Waals surface area contributed by atoms with Crippen LogP contribution < -0.4 is 11.4 Å². The van der Waals surface area contributed by atoms with Gasteiger partial charge in [-0.2, -0.15) is 9.97 Å². The van der Waals surface area contributed by atoms with Gasteiger partial charge in [0, 0.05) is 6.42 Å². The number of hydrogen-bond donors (Lipinski definition) is 2. The Bertz CT molecular complexity index is 577. The van der Waals surface area contributed by atoms with Crippen LogP contribution in [0.4, 0.5) is 5.95 Å². The van der Waals surface area contributed by atoms with E-state index in [-0.39, 0.29) is 5.95 Å². The molecule has 0 aliphatic heterocycles. The number of anilines is 1. The standard InChI is InChI=1S/C12H14N4O/c1-8-4-2-3-5-9(8)6-7-10-14-11(13)16-12(17)15-10/h2-5H,6-7H2,1H3,(H3,13,14,15,16,17). The van der Waals surface area contributed by atoms with Crippen molar-refractivity contribution in [2.45, 2.75) is 19.8 Å². The molecule has 5 nitrogen and oxygen atoms in total. The zero-order valence-electron chi connectivity index (χ0n) is 9.60. The molecule has 1 aromatic heterocycles. The smallest absolute Gasteiger partial charge is 0.349 e. The van der Waals surface area contributed by atoms with Gasteiger partial charge in [0.15, 0.2) is 0 Å². The van der Waals surface area contributed by atoms with E-state index in [2.05, 4.69) is 34.0 Å². The number of benzene rings is 1. The van der Waals surface area contributed by atoms with Gasteiger partial charge in [-0.3, -0.25) is 4.98 Å². The van der Waals surface area contributed by atoms with Crippen LogP contribution in [0.25, 0.3) is 0 Å². The van der Waals surface area contributed by atoms with Crippen molar-refractivity contribution in [3.8, 4) is 0 Å². The third-order valence-electron chi connectivity index (χ3n) is 2.61. The molecule has 17 heavy (non-hydrogen) atoms. The van der Waals surface area contributed by atoms with E-state index in [1.54, 1.807) is 0 Å². The minimum absolute atomic E-state index is 0.0218. The summed E-state index contributed by atoms with van der Waals surface area (Å²) in [4.78, 5) is 21.1. The predicted molar refractivity (Wildman–Crippen MR) is 65.7 cm³/mol. The van der Waals surface area contributed by atoms with Crippen LogP contribution in [0.5, 0.6) is 0 Å². The second kappa shape index (κ2) is 4.78. The zero-order valence-corrected chi connectivity index (χ0v) is 9.60. The largest absolute Gasteiger partial charge is 0.368 e. The van der Waals surface area contributed by atoms with E-state index < -0.39 is 5.69 Å². The molecule has 3 N–H and O–H groups in total. The first kappa shape index (κ1) is 11.3. The lowest BCUT2D eigenvalue weighted by molar-refractivity contribution is 0.820. The van der Waals surface area contributed by atoms with Gasteiger partial charge in [-0.05, 0) is 24.5 Å². The summed E-state index contributed by atoms with van der Waals surface area (Å²) in [6.07, 6.45) is 1.46. The highest BCUT2D eigenvalue weighted by atomic mass is 16.1. The Morgan fingerprint density at radius 2 is 2.00 bits per heavy atom. The lowest BCUT2D eigenvalue weighted by Gasteiger charge is -2.04. The summed E-state index contributed by atoms with van der Waals surface area (Å²) in [6.45, 7) is 2.06. The van der Waals surface area contributed by atoms with Crippen LogP contribution in [0.2, 0.25) is 0 Å². The fourth-order valence-corrected chi connectivity index (χ4v) is 1.71. The fraction of sp³-hybridized carbons (Fsp3) is 0.250. The van der Waals surface area contributed by atoms with E-state index in [1.165, 1.54) is 11.1 Å². The van der Waals surface area contributed by atoms with E-state index in [4.69, 9.17) is 5.73 Å². The van der Waals surface area contributed by atoms with Crippen LogP contribution in [0.15, 0.2) is 29.1 Å². The molecule has 0 atom stereocenters. The minimum atomic E-state index is -0.447. The summed E-state index contributed by atoms with van der Waals surface area (Å²) < 4.78 is 0. The Hall–Kier alpha value is -2.17. The van der Waals surface area contributed by atoms with Crippen molar-refractivity contribution >= 4 is 5.95 Å². The molecule has 0 radical (unpaired) electrons. The lowest BCUT2D eigenvalue weighted by Crippen LogP contribution is -2.17. The first-order valence-electron chi connectivity index (χ1n) is 5.42. The Morgan fingerprint density at radius 3 is 2.71 bits per heavy atom. The molecule has 0 spiro atoms. The van der Waals surface area contributed by atoms with E-state index in [1.807, 2.05) is 12.1 Å². The third kappa shape index (κ3) is 2.90. The van der Waals surface area contributed by atoms with Crippen molar-refractivity contribution in [3.05, 3.63) is 51.7 Å². The number of rotatable bonds is 3. The van der Waals surface area contributed by atoms with Crippen molar-refractivity contribution in [1.82, 2.24) is 15.0 Å². The van der Waals surface area contributed by atoms with Gasteiger partial charge in [-0.1, -0.05) is 24.3 Å². The average molecular weight is 230 g/mol. The maximum atomic E-state index is 11.1. The second-order valence-electron chi connectivity index (χ2n) is 3.89. The van der Waals surface area contributed by atoms with Gasteiger partial charge >= 0.3 is 5.69 Å². The molecule has 5 heteroatoms. The van der Waals surface area contributed by atoms with Gasteiger partial charge in [0.25, 0.3) is 0 Å². The van der Waals surface area contributed by atoms with Crippen LogP contribution in [0.1, 0.15) is 17.0 Å². The van der Waals surface area contributed by atoms with Gasteiger partial charge in [-0.15, -0.1) is 0 Å². The number of nitrogens with zero attached hydrogens (tertiary/aromatic N) is 2. The molecule has 1 aromatic carbocycles. The highest BCUT2D eigenvalue weighted by Crippen LogP contribution is 2.09. The molecule has 2 aromatic rings. The maximum Gasteiger partial charge on any atom is 0.349 e. The highest BCUT2D eigenvalue weighted by Gasteiger charge is 2.02. The van der Waals surface area contributed by atoms with Crippen molar-refractivity contribution in [1.29, 1.82) is 0 Å². The molecule has 0 aliphatic carbocycles. The first-order chi connectivity index (χ1) is 8.15. The second-order valence-corrected chi connectivity index (χ2v) is 3.89. The van der Waals surface area contributed by atoms with E-state index in [0.717, 1.165) is 6.42 Å². The van der Waals surface area contributed by atoms with Crippen LogP contribution in [-0.2, 0) is 12.8 Å². The van der Waals surface area contributed by atoms with Crippen molar-refractivity contribution in [2.75, 3.05) is 5.73 Å². The van der Waals surface area contributed by atoms with Gasteiger partial charge in [-0.25, -0.2) is 4.79 Å². The molecule has 0 saturated carbocycles. The number of hydrogen-bond acceptors (Lipinski definition) is 4. The summed E-state index contributed by atoms with van der Waals surface area (Å²) in [7, 11) is 0. The summed E-state index contributed by atoms with van der Waals surface area (Å²) >= 11 is 0. The van der Waals surface area contributed by atoms with E-state index in [9.17, 15) is 4.79 Å². The fourth-order valence-electron chi connectivity index (χ4n) is 1.71. The quantitative estimate of drug-likeness (QED) is 0.818. The van der Waals surface area contributed by atoms with Gasteiger partial charge in [0.05, 0.1) is 0 Å². The SMILES string of the molecule is Cc1ccccc1CCc1nc(N)nc(=O)[nH]1. The molecule has 2 rings (SSSR count). The minimum Gasteiger partial charge on any atom is -0.368 e. The monoisotopic (exact) mass is 230 g/mol. The third-order valence-corrected chi connectivity index (χ3v) is 2.61. The number of nitrogen functional groups attached to an aromatic ring is 1. The Labute approximate surface area is 98.7 Å². The molecule has 0 unspecified atom stereocenters. The van der Waals surface area contributed by atoms with Gasteiger partial charge < -0.3 is 5.73 Å². The van der Waals surface area contributed by atoms with Crippen LogP contribution in [-0.4, -0.2) is 15.0 Å². The van der Waals surface area contributed by atoms with Crippen molar-refractivity contribution in [2.24, 2.45) is 0 Å². The average Bonchev–Trinajstić information content (AvgIpc) is 2.27. The van der Waals surface area contributed by atoms with Gasteiger partial charge in [0.1, 0.15) is 5.82 Å². The molecule has 0 amide bonds. The molecular weight excluding hydrogens is 216 g/mol. The number of aromatic nitrogens is 3. The summed E-state index contributed by atoms with van der Waals surface area (Å²) in [5.74, 6) is 0.597. The number of nitrogens with two attached hydrogens (primary N) is 1. The number of H-pyrrole nitrogens is 1. The lowest BCUT2D eigenvalue weighted by atomic mass is 10.0. The molecule has 0 saturated heterocycles. The van der Waals surface area contributed by atoms with Gasteiger partial charge in [0.2, 0.25) is 5.95 Å². The topological polar surface area (TPSA) is 84.7 Å². The van der Waals surface area contributed by atoms with Crippen molar-refractivity contribution in [3.63, 3.8) is 0 Å². The number of aryl methyl sites for hydroxylation is 3. The highest BCUT2D eigenvalue weighted by molar-refractivity contribution is 5.26. The van der Waals surface area contributed by atoms with Crippen LogP contribution in [0.3, 0.4) is 0 Å². The number of aromatic amines is 1. The van der Waals surface area contributed by atoms with E-state index in [0.29, 0.717) is 12.2 Å². The Kier molecular flexibility index (Phi) is 3.18. The summed E-state index contributed by atoms with van der Waals surface area (Å²) in [5, 5.41) is 0. The van der Waals surface area contributed by atoms with E-state index >= 15 is 0 Å². The first-order valence-corrected chi connectivity index (χ1v) is 5.42. The normalized spacial score (nSPS) is 10.4. The summed E-state index contributed by atoms with van der Waals surface area (Å²) in [6, 6.07) is 8.13. The zero-order chi connectivity index (χ0) is 12.3. The summed E-state index contributed by atoms with van der Waals surface area (Å²) in [5.41, 5.74) is 7.44. The van der Waals surface area contributed by atoms with Crippen LogP contribution in [0, 0.1) is 6.92 Å². The number of nitrogens with one attached hydrogen (secondary N) is 1. The molecular formula is C12H14N4O. The molecule has 1 heterocycles.